The molecule has 20 heavy (non-hydrogen) atoms. The van der Waals surface area contributed by atoms with E-state index in [1.165, 1.54) is 11.0 Å². The van der Waals surface area contributed by atoms with Crippen LogP contribution in [0.1, 0.15) is 5.56 Å². The van der Waals surface area contributed by atoms with Gasteiger partial charge in [-0.3, -0.25) is 4.79 Å². The van der Waals surface area contributed by atoms with Crippen LogP contribution >= 0.6 is 0 Å². The molecule has 1 aliphatic rings. The standard InChI is InChI=1S/C13H16N6O/c1-17-6-7-19(12-5-3-2-4-11(12)8-17)13(20)9-18-10-14-15-16-18/h2-5,10H,6-9H2,1H3. The minimum atomic E-state index is 0.0000463. The van der Waals surface area contributed by atoms with Gasteiger partial charge < -0.3 is 9.80 Å². The van der Waals surface area contributed by atoms with Crippen molar-refractivity contribution in [2.24, 2.45) is 0 Å². The Balaban J connectivity index is 1.87. The third-order valence-electron chi connectivity index (χ3n) is 3.42. The molecule has 0 radical (unpaired) electrons. The fraction of sp³-hybridized carbons (Fsp3) is 0.385. The molecule has 0 spiro atoms. The quantitative estimate of drug-likeness (QED) is 0.778. The molecule has 1 aliphatic heterocycles. The van der Waals surface area contributed by atoms with Crippen LogP contribution < -0.4 is 4.90 Å². The number of fused-ring (bicyclic) bond motifs is 1. The highest BCUT2D eigenvalue weighted by Gasteiger charge is 2.22. The van der Waals surface area contributed by atoms with Gasteiger partial charge in [-0.15, -0.1) is 5.10 Å². The molecule has 2 heterocycles. The van der Waals surface area contributed by atoms with E-state index in [0.717, 1.165) is 24.3 Å². The van der Waals surface area contributed by atoms with Crippen LogP contribution in [0, 0.1) is 0 Å². The zero-order chi connectivity index (χ0) is 13.9. The molecule has 0 saturated heterocycles. The van der Waals surface area contributed by atoms with Gasteiger partial charge in [-0.25, -0.2) is 4.68 Å². The number of hydrogen-bond acceptors (Lipinski definition) is 5. The van der Waals surface area contributed by atoms with Crippen molar-refractivity contribution in [3.63, 3.8) is 0 Å². The number of para-hydroxylation sites is 1. The lowest BCUT2D eigenvalue weighted by atomic mass is 10.1. The highest BCUT2D eigenvalue weighted by molar-refractivity contribution is 5.94. The lowest BCUT2D eigenvalue weighted by Crippen LogP contribution is -2.37. The molecule has 0 unspecified atom stereocenters. The minimum absolute atomic E-state index is 0.0000463. The number of carbonyl (C=O) groups excluding carboxylic acids is 1. The second-order valence-electron chi connectivity index (χ2n) is 4.92. The Hall–Kier alpha value is -2.28. The Bertz CT molecular complexity index is 597. The molecule has 0 saturated carbocycles. The minimum Gasteiger partial charge on any atom is -0.309 e. The molecule has 2 aromatic rings. The van der Waals surface area contributed by atoms with Crippen molar-refractivity contribution in [1.29, 1.82) is 0 Å². The Kier molecular flexibility index (Phi) is 3.42. The number of aromatic nitrogens is 4. The highest BCUT2D eigenvalue weighted by atomic mass is 16.2. The molecule has 3 rings (SSSR count). The van der Waals surface area contributed by atoms with Crippen LogP contribution in [0.3, 0.4) is 0 Å². The summed E-state index contributed by atoms with van der Waals surface area (Å²) in [6, 6.07) is 8.02. The number of hydrogen-bond donors (Lipinski definition) is 0. The molecule has 1 amide bonds. The van der Waals surface area contributed by atoms with Crippen LogP contribution in [0.2, 0.25) is 0 Å². The normalized spacial score (nSPS) is 15.8. The molecule has 0 N–H and O–H groups in total. The average Bonchev–Trinajstić information content (AvgIpc) is 2.87. The zero-order valence-corrected chi connectivity index (χ0v) is 11.3. The maximum atomic E-state index is 12.5. The van der Waals surface area contributed by atoms with E-state index in [1.807, 2.05) is 23.1 Å². The van der Waals surface area contributed by atoms with Crippen LogP contribution in [0.4, 0.5) is 5.69 Å². The first-order chi connectivity index (χ1) is 9.74. The number of likely N-dealkylation sites (N-methyl/N-ethyl adjacent to an activating group) is 1. The monoisotopic (exact) mass is 272 g/mol. The molecular weight excluding hydrogens is 256 g/mol. The largest absolute Gasteiger partial charge is 0.309 e. The van der Waals surface area contributed by atoms with E-state index in [1.54, 1.807) is 0 Å². The van der Waals surface area contributed by atoms with Crippen LogP contribution in [0.25, 0.3) is 0 Å². The number of rotatable bonds is 2. The van der Waals surface area contributed by atoms with Crippen molar-refractivity contribution in [2.45, 2.75) is 13.1 Å². The zero-order valence-electron chi connectivity index (χ0n) is 11.3. The fourth-order valence-corrected chi connectivity index (χ4v) is 2.40. The lowest BCUT2D eigenvalue weighted by molar-refractivity contribution is -0.119. The van der Waals surface area contributed by atoms with E-state index >= 15 is 0 Å². The topological polar surface area (TPSA) is 67.2 Å². The number of carbonyl (C=O) groups is 1. The van der Waals surface area contributed by atoms with Crippen LogP contribution in [0.15, 0.2) is 30.6 Å². The van der Waals surface area contributed by atoms with Crippen molar-refractivity contribution in [1.82, 2.24) is 25.1 Å². The summed E-state index contributed by atoms with van der Waals surface area (Å²) in [6.45, 7) is 2.53. The van der Waals surface area contributed by atoms with Crippen LogP contribution in [0.5, 0.6) is 0 Å². The van der Waals surface area contributed by atoms with Gasteiger partial charge >= 0.3 is 0 Å². The van der Waals surface area contributed by atoms with Gasteiger partial charge in [0.05, 0.1) is 0 Å². The third kappa shape index (κ3) is 2.53. The summed E-state index contributed by atoms with van der Waals surface area (Å²) in [4.78, 5) is 16.5. The predicted molar refractivity (Wildman–Crippen MR) is 72.9 cm³/mol. The van der Waals surface area contributed by atoms with E-state index in [4.69, 9.17) is 0 Å². The van der Waals surface area contributed by atoms with E-state index in [-0.39, 0.29) is 12.5 Å². The Morgan fingerprint density at radius 2 is 2.15 bits per heavy atom. The third-order valence-corrected chi connectivity index (χ3v) is 3.42. The van der Waals surface area contributed by atoms with Gasteiger partial charge in [-0.1, -0.05) is 18.2 Å². The van der Waals surface area contributed by atoms with Crippen molar-refractivity contribution in [2.75, 3.05) is 25.0 Å². The molecule has 7 nitrogen and oxygen atoms in total. The van der Waals surface area contributed by atoms with Gasteiger partial charge in [0.1, 0.15) is 12.9 Å². The van der Waals surface area contributed by atoms with Crippen molar-refractivity contribution in [3.8, 4) is 0 Å². The molecule has 7 heteroatoms. The number of tetrazole rings is 1. The summed E-state index contributed by atoms with van der Waals surface area (Å²) in [7, 11) is 2.06. The van der Waals surface area contributed by atoms with Gasteiger partial charge in [0, 0.05) is 25.3 Å². The average molecular weight is 272 g/mol. The Morgan fingerprint density at radius 3 is 2.95 bits per heavy atom. The molecular formula is C13H16N6O. The Labute approximate surface area is 116 Å². The molecule has 0 bridgehead atoms. The maximum absolute atomic E-state index is 12.5. The maximum Gasteiger partial charge on any atom is 0.248 e. The van der Waals surface area contributed by atoms with Gasteiger partial charge in [0.15, 0.2) is 0 Å². The first-order valence-corrected chi connectivity index (χ1v) is 6.51. The number of amides is 1. The highest BCUT2D eigenvalue weighted by Crippen LogP contribution is 2.24. The molecule has 1 aromatic heterocycles. The van der Waals surface area contributed by atoms with Gasteiger partial charge in [0.25, 0.3) is 0 Å². The van der Waals surface area contributed by atoms with Gasteiger partial charge in [-0.2, -0.15) is 0 Å². The number of anilines is 1. The summed E-state index contributed by atoms with van der Waals surface area (Å²) in [5.41, 5.74) is 2.15. The first kappa shape index (κ1) is 12.7. The fourth-order valence-electron chi connectivity index (χ4n) is 2.40. The Morgan fingerprint density at radius 1 is 1.30 bits per heavy atom. The second kappa shape index (κ2) is 5.38. The first-order valence-electron chi connectivity index (χ1n) is 6.51. The SMILES string of the molecule is CN1CCN(C(=O)Cn2cnnn2)c2ccccc2C1. The summed E-state index contributed by atoms with van der Waals surface area (Å²) in [5, 5.41) is 10.8. The molecule has 0 aliphatic carbocycles. The molecule has 0 atom stereocenters. The van der Waals surface area contributed by atoms with E-state index < -0.39 is 0 Å². The van der Waals surface area contributed by atoms with Crippen LogP contribution in [-0.4, -0.2) is 51.2 Å². The van der Waals surface area contributed by atoms with Crippen LogP contribution in [-0.2, 0) is 17.9 Å². The summed E-state index contributed by atoms with van der Waals surface area (Å²) in [5.74, 6) is 0.0000463. The lowest BCUT2D eigenvalue weighted by Gasteiger charge is -2.22. The summed E-state index contributed by atoms with van der Waals surface area (Å²) >= 11 is 0. The predicted octanol–water partition coefficient (Wildman–Crippen LogP) is 0.152. The number of nitrogens with zero attached hydrogens (tertiary/aromatic N) is 6. The van der Waals surface area contributed by atoms with E-state index in [0.29, 0.717) is 6.54 Å². The summed E-state index contributed by atoms with van der Waals surface area (Å²) in [6.07, 6.45) is 1.45. The van der Waals surface area contributed by atoms with Crippen molar-refractivity contribution >= 4 is 11.6 Å². The van der Waals surface area contributed by atoms with Crippen molar-refractivity contribution in [3.05, 3.63) is 36.2 Å². The number of benzene rings is 1. The molecule has 104 valence electrons. The van der Waals surface area contributed by atoms with Gasteiger partial charge in [0.2, 0.25) is 5.91 Å². The summed E-state index contributed by atoms with van der Waals surface area (Å²) < 4.78 is 1.44. The smallest absolute Gasteiger partial charge is 0.248 e. The van der Waals surface area contributed by atoms with E-state index in [9.17, 15) is 4.79 Å². The van der Waals surface area contributed by atoms with Gasteiger partial charge in [-0.05, 0) is 29.1 Å². The second-order valence-corrected chi connectivity index (χ2v) is 4.92. The molecule has 1 aromatic carbocycles. The van der Waals surface area contributed by atoms with E-state index in [2.05, 4.69) is 33.5 Å². The molecule has 0 fully saturated rings. The van der Waals surface area contributed by atoms with Crippen molar-refractivity contribution < 1.29 is 4.79 Å².